The largest absolute Gasteiger partial charge is 0.316 e. The zero-order chi connectivity index (χ0) is 15.7. The Hall–Kier alpha value is -0.980. The molecule has 21 heavy (non-hydrogen) atoms. The molecule has 0 aliphatic rings. The van der Waals surface area contributed by atoms with Gasteiger partial charge in [0.05, 0.1) is 0 Å². The molecule has 120 valence electrons. The van der Waals surface area contributed by atoms with Crippen molar-refractivity contribution < 1.29 is 8.42 Å². The van der Waals surface area contributed by atoms with Crippen molar-refractivity contribution in [3.63, 3.8) is 0 Å². The van der Waals surface area contributed by atoms with Crippen LogP contribution in [0.5, 0.6) is 0 Å². The fraction of sp³-hybridized carbons (Fsp3) is 0.667. The van der Waals surface area contributed by atoms with Crippen LogP contribution in [0.15, 0.2) is 23.4 Å². The summed E-state index contributed by atoms with van der Waals surface area (Å²) in [5.74, 6) is 0. The van der Waals surface area contributed by atoms with Crippen LogP contribution in [0, 0.1) is 0 Å². The maximum atomic E-state index is 12.2. The number of nitrogens with zero attached hydrogens (tertiary/aromatic N) is 1. The molecule has 0 saturated heterocycles. The summed E-state index contributed by atoms with van der Waals surface area (Å²) in [5, 5.41) is 3.09. The SMILES string of the molecule is CCCCCCC(C)NS(=O)(=O)c1ccc(CNC)cn1. The number of sulfonamides is 1. The van der Waals surface area contributed by atoms with Crippen LogP contribution >= 0.6 is 0 Å². The van der Waals surface area contributed by atoms with Gasteiger partial charge in [-0.05, 0) is 32.0 Å². The molecule has 0 radical (unpaired) electrons. The van der Waals surface area contributed by atoms with Crippen LogP contribution in [-0.4, -0.2) is 26.5 Å². The summed E-state index contributed by atoms with van der Waals surface area (Å²) >= 11 is 0. The van der Waals surface area contributed by atoms with Crippen molar-refractivity contribution in [1.82, 2.24) is 15.0 Å². The van der Waals surface area contributed by atoms with Crippen LogP contribution in [-0.2, 0) is 16.6 Å². The number of rotatable bonds is 10. The van der Waals surface area contributed by atoms with E-state index in [1.54, 1.807) is 18.3 Å². The van der Waals surface area contributed by atoms with Crippen molar-refractivity contribution >= 4 is 10.0 Å². The lowest BCUT2D eigenvalue weighted by atomic mass is 10.1. The van der Waals surface area contributed by atoms with Crippen molar-refractivity contribution in [2.45, 2.75) is 63.6 Å². The lowest BCUT2D eigenvalue weighted by molar-refractivity contribution is 0.520. The zero-order valence-corrected chi connectivity index (χ0v) is 14.0. The molecule has 1 atom stereocenters. The van der Waals surface area contributed by atoms with Gasteiger partial charge in [0.1, 0.15) is 0 Å². The van der Waals surface area contributed by atoms with Gasteiger partial charge in [-0.15, -0.1) is 0 Å². The third-order valence-corrected chi connectivity index (χ3v) is 4.81. The van der Waals surface area contributed by atoms with E-state index in [9.17, 15) is 8.42 Å². The first-order valence-electron chi connectivity index (χ1n) is 7.61. The maximum absolute atomic E-state index is 12.2. The summed E-state index contributed by atoms with van der Waals surface area (Å²) in [5.41, 5.74) is 0.962. The molecule has 0 aliphatic carbocycles. The van der Waals surface area contributed by atoms with Gasteiger partial charge in [-0.1, -0.05) is 38.7 Å². The minimum atomic E-state index is -3.52. The summed E-state index contributed by atoms with van der Waals surface area (Å²) in [6.07, 6.45) is 7.04. The van der Waals surface area contributed by atoms with E-state index in [1.165, 1.54) is 12.8 Å². The van der Waals surface area contributed by atoms with Crippen LogP contribution in [0.1, 0.15) is 51.5 Å². The highest BCUT2D eigenvalue weighted by Gasteiger charge is 2.18. The van der Waals surface area contributed by atoms with E-state index in [1.807, 2.05) is 14.0 Å². The second-order valence-corrected chi connectivity index (χ2v) is 7.07. The van der Waals surface area contributed by atoms with Crippen LogP contribution in [0.3, 0.4) is 0 Å². The van der Waals surface area contributed by atoms with Crippen molar-refractivity contribution in [3.8, 4) is 0 Å². The molecule has 2 N–H and O–H groups in total. The number of hydrogen-bond acceptors (Lipinski definition) is 4. The normalized spacial score (nSPS) is 13.3. The number of aromatic nitrogens is 1. The number of unbranched alkanes of at least 4 members (excludes halogenated alkanes) is 3. The molecule has 0 aliphatic heterocycles. The number of pyridine rings is 1. The van der Waals surface area contributed by atoms with Crippen LogP contribution in [0.25, 0.3) is 0 Å². The molecule has 5 nitrogen and oxygen atoms in total. The van der Waals surface area contributed by atoms with Gasteiger partial charge in [0.2, 0.25) is 0 Å². The highest BCUT2D eigenvalue weighted by Crippen LogP contribution is 2.10. The Kier molecular flexibility index (Phi) is 7.85. The topological polar surface area (TPSA) is 71.1 Å². The Morgan fingerprint density at radius 3 is 2.57 bits per heavy atom. The lowest BCUT2D eigenvalue weighted by Crippen LogP contribution is -2.33. The Balaban J connectivity index is 2.55. The van der Waals surface area contributed by atoms with Gasteiger partial charge < -0.3 is 5.32 Å². The van der Waals surface area contributed by atoms with Crippen LogP contribution in [0.2, 0.25) is 0 Å². The van der Waals surface area contributed by atoms with Crippen molar-refractivity contribution in [3.05, 3.63) is 23.9 Å². The molecular formula is C15H27N3O2S. The number of hydrogen-bond donors (Lipinski definition) is 2. The van der Waals surface area contributed by atoms with Crippen LogP contribution < -0.4 is 10.0 Å². The lowest BCUT2D eigenvalue weighted by Gasteiger charge is -2.13. The third-order valence-electron chi connectivity index (χ3n) is 3.30. The molecule has 1 aromatic heterocycles. The molecule has 0 fully saturated rings. The van der Waals surface area contributed by atoms with E-state index in [0.717, 1.165) is 24.8 Å². The zero-order valence-electron chi connectivity index (χ0n) is 13.2. The maximum Gasteiger partial charge on any atom is 0.258 e. The summed E-state index contributed by atoms with van der Waals surface area (Å²) < 4.78 is 27.1. The van der Waals surface area contributed by atoms with Crippen molar-refractivity contribution in [2.75, 3.05) is 7.05 Å². The smallest absolute Gasteiger partial charge is 0.258 e. The van der Waals surface area contributed by atoms with Crippen molar-refractivity contribution in [1.29, 1.82) is 0 Å². The van der Waals surface area contributed by atoms with E-state index in [4.69, 9.17) is 0 Å². The predicted molar refractivity (Wildman–Crippen MR) is 85.5 cm³/mol. The summed E-state index contributed by atoms with van der Waals surface area (Å²) in [6, 6.07) is 3.27. The first-order valence-corrected chi connectivity index (χ1v) is 9.09. The predicted octanol–water partition coefficient (Wildman–Crippen LogP) is 2.44. The molecule has 0 aromatic carbocycles. The Morgan fingerprint density at radius 2 is 2.00 bits per heavy atom. The first kappa shape index (κ1) is 18.1. The fourth-order valence-electron chi connectivity index (χ4n) is 2.14. The van der Waals surface area contributed by atoms with Gasteiger partial charge in [-0.25, -0.2) is 18.1 Å². The summed E-state index contributed by atoms with van der Waals surface area (Å²) in [4.78, 5) is 4.04. The molecule has 0 bridgehead atoms. The molecule has 1 heterocycles. The Labute approximate surface area is 128 Å². The van der Waals surface area contributed by atoms with Gasteiger partial charge in [-0.2, -0.15) is 0 Å². The number of nitrogens with one attached hydrogen (secondary N) is 2. The molecule has 0 spiro atoms. The van der Waals surface area contributed by atoms with E-state index in [2.05, 4.69) is 21.9 Å². The summed E-state index contributed by atoms with van der Waals surface area (Å²) in [7, 11) is -1.68. The van der Waals surface area contributed by atoms with Gasteiger partial charge in [-0.3, -0.25) is 0 Å². The van der Waals surface area contributed by atoms with E-state index < -0.39 is 10.0 Å². The molecular weight excluding hydrogens is 286 g/mol. The van der Waals surface area contributed by atoms with Crippen molar-refractivity contribution in [2.24, 2.45) is 0 Å². The van der Waals surface area contributed by atoms with E-state index in [0.29, 0.717) is 6.54 Å². The molecule has 1 unspecified atom stereocenters. The summed E-state index contributed by atoms with van der Waals surface area (Å²) in [6.45, 7) is 4.74. The van der Waals surface area contributed by atoms with Gasteiger partial charge in [0.25, 0.3) is 10.0 Å². The highest BCUT2D eigenvalue weighted by atomic mass is 32.2. The Bertz CT molecular complexity index is 500. The second kappa shape index (κ2) is 9.12. The quantitative estimate of drug-likeness (QED) is 0.651. The fourth-order valence-corrected chi connectivity index (χ4v) is 3.35. The molecule has 0 saturated carbocycles. The standard InChI is InChI=1S/C15H27N3O2S/c1-4-5-6-7-8-13(2)18-21(19,20)15-10-9-14(11-16-3)12-17-15/h9-10,12-13,16,18H,4-8,11H2,1-3H3. The van der Waals surface area contributed by atoms with E-state index >= 15 is 0 Å². The van der Waals surface area contributed by atoms with Gasteiger partial charge in [0.15, 0.2) is 5.03 Å². The molecule has 6 heteroatoms. The van der Waals surface area contributed by atoms with E-state index in [-0.39, 0.29) is 11.1 Å². The average Bonchev–Trinajstić information content (AvgIpc) is 2.44. The molecule has 0 amide bonds. The van der Waals surface area contributed by atoms with Gasteiger partial charge in [0, 0.05) is 18.8 Å². The van der Waals surface area contributed by atoms with Gasteiger partial charge >= 0.3 is 0 Å². The highest BCUT2D eigenvalue weighted by molar-refractivity contribution is 7.89. The third kappa shape index (κ3) is 6.54. The minimum Gasteiger partial charge on any atom is -0.316 e. The monoisotopic (exact) mass is 313 g/mol. The van der Waals surface area contributed by atoms with Crippen LogP contribution in [0.4, 0.5) is 0 Å². The first-order chi connectivity index (χ1) is 9.99. The minimum absolute atomic E-state index is 0.0642. The molecule has 1 aromatic rings. The molecule has 1 rings (SSSR count). The second-order valence-electron chi connectivity index (χ2n) is 5.41. The Morgan fingerprint density at radius 1 is 1.24 bits per heavy atom. The average molecular weight is 313 g/mol.